The van der Waals surface area contributed by atoms with Crippen molar-refractivity contribution < 1.29 is 4.79 Å². The number of aromatic nitrogens is 3. The van der Waals surface area contributed by atoms with Crippen LogP contribution in [0, 0.1) is 6.92 Å². The number of imidazole rings is 1. The van der Waals surface area contributed by atoms with Crippen LogP contribution in [0.1, 0.15) is 45.5 Å². The van der Waals surface area contributed by atoms with Gasteiger partial charge in [-0.25, -0.2) is 9.97 Å². The first-order valence-corrected chi connectivity index (χ1v) is 8.71. The second kappa shape index (κ2) is 5.77. The lowest BCUT2D eigenvalue weighted by Gasteiger charge is -2.35. The lowest BCUT2D eigenvalue weighted by molar-refractivity contribution is 0.0611. The maximum Gasteiger partial charge on any atom is 0.264 e. The lowest BCUT2D eigenvalue weighted by atomic mass is 9.99. The third-order valence-electron chi connectivity index (χ3n) is 4.34. The number of thiophene rings is 1. The number of rotatable bonds is 2. The van der Waals surface area contributed by atoms with E-state index in [-0.39, 0.29) is 11.9 Å². The monoisotopic (exact) mass is 326 g/mol. The smallest absolute Gasteiger partial charge is 0.264 e. The second-order valence-corrected chi connectivity index (χ2v) is 7.20. The van der Waals surface area contributed by atoms with Crippen LogP contribution in [0.15, 0.2) is 36.8 Å². The lowest BCUT2D eigenvalue weighted by Crippen LogP contribution is -2.38. The van der Waals surface area contributed by atoms with Crippen molar-refractivity contribution in [3.05, 3.63) is 52.2 Å². The summed E-state index contributed by atoms with van der Waals surface area (Å²) in [5.74, 6) is 0.810. The number of amides is 1. The van der Waals surface area contributed by atoms with Crippen LogP contribution < -0.4 is 0 Å². The largest absolute Gasteiger partial charge is 0.329 e. The summed E-state index contributed by atoms with van der Waals surface area (Å²) >= 11 is 1.56. The highest BCUT2D eigenvalue weighted by atomic mass is 32.1. The first kappa shape index (κ1) is 14.4. The van der Waals surface area contributed by atoms with Crippen molar-refractivity contribution in [3.8, 4) is 0 Å². The zero-order chi connectivity index (χ0) is 15.8. The number of carbonyl (C=O) groups is 1. The van der Waals surface area contributed by atoms with Gasteiger partial charge in [0.2, 0.25) is 5.78 Å². The Kier molecular flexibility index (Phi) is 3.61. The number of hydrogen-bond acceptors (Lipinski definition) is 4. The Hall–Kier alpha value is -2.21. The van der Waals surface area contributed by atoms with Crippen LogP contribution in [-0.2, 0) is 0 Å². The van der Waals surface area contributed by atoms with Crippen LogP contribution >= 0.6 is 11.3 Å². The Labute approximate surface area is 138 Å². The van der Waals surface area contributed by atoms with E-state index < -0.39 is 0 Å². The Morgan fingerprint density at radius 3 is 3.00 bits per heavy atom. The van der Waals surface area contributed by atoms with Gasteiger partial charge < -0.3 is 4.90 Å². The van der Waals surface area contributed by atoms with Crippen molar-refractivity contribution in [1.82, 2.24) is 19.3 Å². The molecule has 0 bridgehead atoms. The van der Waals surface area contributed by atoms with Gasteiger partial charge in [0.25, 0.3) is 5.91 Å². The van der Waals surface area contributed by atoms with Crippen LogP contribution in [0.5, 0.6) is 0 Å². The van der Waals surface area contributed by atoms with Crippen molar-refractivity contribution in [2.24, 2.45) is 0 Å². The third-order valence-corrected chi connectivity index (χ3v) is 5.33. The van der Waals surface area contributed by atoms with E-state index >= 15 is 0 Å². The van der Waals surface area contributed by atoms with Crippen LogP contribution in [-0.4, -0.2) is 31.7 Å². The molecule has 0 aliphatic carbocycles. The topological polar surface area (TPSA) is 50.5 Å². The summed E-state index contributed by atoms with van der Waals surface area (Å²) in [5.41, 5.74) is 0.935. The molecule has 5 nitrogen and oxygen atoms in total. The minimum atomic E-state index is 0.0420. The molecule has 0 N–H and O–H groups in total. The quantitative estimate of drug-likeness (QED) is 0.724. The molecule has 3 aromatic rings. The van der Waals surface area contributed by atoms with Crippen molar-refractivity contribution in [1.29, 1.82) is 0 Å². The molecule has 1 aliphatic heterocycles. The van der Waals surface area contributed by atoms with Crippen LogP contribution in [0.2, 0.25) is 0 Å². The number of piperidine rings is 1. The second-order valence-electron chi connectivity index (χ2n) is 5.91. The fourth-order valence-electron chi connectivity index (χ4n) is 3.18. The number of nitrogens with zero attached hydrogens (tertiary/aromatic N) is 4. The molecule has 4 heterocycles. The summed E-state index contributed by atoms with van der Waals surface area (Å²) < 4.78 is 1.89. The molecule has 118 valence electrons. The van der Waals surface area contributed by atoms with Gasteiger partial charge in [0.1, 0.15) is 0 Å². The summed E-state index contributed by atoms with van der Waals surface area (Å²) in [4.78, 5) is 25.8. The van der Waals surface area contributed by atoms with Crippen LogP contribution in [0.25, 0.3) is 5.78 Å². The van der Waals surface area contributed by atoms with Gasteiger partial charge in [-0.2, -0.15) is 0 Å². The maximum atomic E-state index is 12.9. The predicted octanol–water partition coefficient (Wildman–Crippen LogP) is 3.47. The fraction of sp³-hybridized carbons (Fsp3) is 0.353. The first-order valence-electron chi connectivity index (χ1n) is 7.89. The highest BCUT2D eigenvalue weighted by Crippen LogP contribution is 2.32. The van der Waals surface area contributed by atoms with Gasteiger partial charge in [0.05, 0.1) is 16.6 Å². The van der Waals surface area contributed by atoms with E-state index in [0.29, 0.717) is 5.78 Å². The van der Waals surface area contributed by atoms with Crippen LogP contribution in [0.4, 0.5) is 0 Å². The normalized spacial score (nSPS) is 18.5. The number of likely N-dealkylation sites (tertiary alicyclic amines) is 1. The molecular weight excluding hydrogens is 308 g/mol. The number of fused-ring (bicyclic) bond motifs is 1. The van der Waals surface area contributed by atoms with Gasteiger partial charge in [-0.3, -0.25) is 9.20 Å². The molecule has 1 amide bonds. The summed E-state index contributed by atoms with van der Waals surface area (Å²) in [7, 11) is 0. The van der Waals surface area contributed by atoms with E-state index in [1.165, 1.54) is 4.88 Å². The van der Waals surface area contributed by atoms with Gasteiger partial charge in [-0.15, -0.1) is 11.3 Å². The van der Waals surface area contributed by atoms with Crippen molar-refractivity contribution in [3.63, 3.8) is 0 Å². The molecule has 1 aliphatic rings. The van der Waals surface area contributed by atoms with E-state index in [2.05, 4.69) is 9.97 Å². The van der Waals surface area contributed by atoms with Crippen molar-refractivity contribution in [2.45, 2.75) is 32.2 Å². The van der Waals surface area contributed by atoms with Crippen LogP contribution in [0.3, 0.4) is 0 Å². The zero-order valence-corrected chi connectivity index (χ0v) is 13.8. The third kappa shape index (κ3) is 2.63. The van der Waals surface area contributed by atoms with E-state index in [9.17, 15) is 4.79 Å². The Bertz CT molecular complexity index is 853. The predicted molar refractivity (Wildman–Crippen MR) is 89.7 cm³/mol. The Morgan fingerprint density at radius 2 is 2.17 bits per heavy atom. The molecular formula is C17H18N4OS. The number of aryl methyl sites for hydroxylation is 1. The Morgan fingerprint density at radius 1 is 1.26 bits per heavy atom. The molecule has 1 atom stereocenters. The zero-order valence-electron chi connectivity index (χ0n) is 13.0. The summed E-state index contributed by atoms with van der Waals surface area (Å²) in [5, 5.41) is 0. The SMILES string of the molecule is Cc1ccc(C(=O)N2CCCC[C@H]2c2ccn3ccnc3n2)s1. The molecule has 0 aromatic carbocycles. The molecule has 3 aromatic heterocycles. The van der Waals surface area contributed by atoms with Crippen molar-refractivity contribution >= 4 is 23.0 Å². The number of hydrogen-bond donors (Lipinski definition) is 0. The molecule has 0 radical (unpaired) electrons. The van der Waals surface area contributed by atoms with Gasteiger partial charge in [-0.05, 0) is 44.4 Å². The average Bonchev–Trinajstić information content (AvgIpc) is 3.22. The number of carbonyl (C=O) groups excluding carboxylic acids is 1. The van der Waals surface area contributed by atoms with E-state index in [1.54, 1.807) is 17.5 Å². The molecule has 0 saturated carbocycles. The van der Waals surface area contributed by atoms with Gasteiger partial charge in [-0.1, -0.05) is 0 Å². The summed E-state index contributed by atoms with van der Waals surface area (Å²) in [6.45, 7) is 2.82. The molecule has 23 heavy (non-hydrogen) atoms. The first-order chi connectivity index (χ1) is 11.2. The van der Waals surface area contributed by atoms with E-state index in [0.717, 1.165) is 36.4 Å². The van der Waals surface area contributed by atoms with Gasteiger partial charge >= 0.3 is 0 Å². The minimum Gasteiger partial charge on any atom is -0.329 e. The summed E-state index contributed by atoms with van der Waals surface area (Å²) in [6.07, 6.45) is 8.73. The van der Waals surface area contributed by atoms with E-state index in [1.807, 2.05) is 46.8 Å². The Balaban J connectivity index is 1.68. The average molecular weight is 326 g/mol. The van der Waals surface area contributed by atoms with E-state index in [4.69, 9.17) is 0 Å². The fourth-order valence-corrected chi connectivity index (χ4v) is 4.00. The maximum absolute atomic E-state index is 12.9. The van der Waals surface area contributed by atoms with Gasteiger partial charge in [0, 0.05) is 30.0 Å². The molecule has 0 unspecified atom stereocenters. The molecule has 0 spiro atoms. The summed E-state index contributed by atoms with van der Waals surface area (Å²) in [6, 6.07) is 5.98. The van der Waals surface area contributed by atoms with Crippen molar-refractivity contribution in [2.75, 3.05) is 6.54 Å². The molecule has 6 heteroatoms. The molecule has 1 fully saturated rings. The molecule has 1 saturated heterocycles. The van der Waals surface area contributed by atoms with Gasteiger partial charge in [0.15, 0.2) is 0 Å². The minimum absolute atomic E-state index is 0.0420. The molecule has 4 rings (SSSR count). The highest BCUT2D eigenvalue weighted by molar-refractivity contribution is 7.13. The highest BCUT2D eigenvalue weighted by Gasteiger charge is 2.30. The standard InChI is InChI=1S/C17H18N4OS/c1-12-5-6-15(23-12)16(22)21-9-3-2-4-14(21)13-7-10-20-11-8-18-17(20)19-13/h5-8,10-11,14H,2-4,9H2,1H3/t14-/m0/s1.